The van der Waals surface area contributed by atoms with Gasteiger partial charge in [-0.25, -0.2) is 0 Å². The van der Waals surface area contributed by atoms with E-state index in [9.17, 15) is 9.59 Å². The molecule has 0 rings (SSSR count). The Balaban J connectivity index is 3.30. The van der Waals surface area contributed by atoms with Crippen molar-refractivity contribution in [1.29, 1.82) is 0 Å². The van der Waals surface area contributed by atoms with Crippen molar-refractivity contribution in [2.75, 3.05) is 40.8 Å². The van der Waals surface area contributed by atoms with Crippen LogP contribution in [0.2, 0.25) is 0 Å². The standard InChI is InChI=1S/C28H55N3O2/c1-5-6-24-29-27(32)22-19-17-15-13-11-9-7-8-10-12-14-16-18-20-23-28(33)30-25-21-26-31(2,3)4/h7-8H,5-6,9-26H2,1-4H3,(H-,29,30,32,33)/p+1/b8-7+. The van der Waals surface area contributed by atoms with E-state index in [2.05, 4.69) is 50.9 Å². The monoisotopic (exact) mass is 466 g/mol. The number of hydrogen-bond acceptors (Lipinski definition) is 2. The molecule has 0 aromatic heterocycles. The first-order valence-corrected chi connectivity index (χ1v) is 13.8. The average molecular weight is 467 g/mol. The van der Waals surface area contributed by atoms with Crippen LogP contribution in [-0.4, -0.2) is 57.1 Å². The van der Waals surface area contributed by atoms with Crippen molar-refractivity contribution < 1.29 is 14.1 Å². The Kier molecular flexibility index (Phi) is 21.5. The number of unbranched alkanes of at least 4 members (excludes halogenated alkanes) is 11. The summed E-state index contributed by atoms with van der Waals surface area (Å²) in [5.41, 5.74) is 0. The maximum absolute atomic E-state index is 11.8. The molecule has 0 bridgehead atoms. The zero-order valence-electron chi connectivity index (χ0n) is 22.6. The summed E-state index contributed by atoms with van der Waals surface area (Å²) in [6.07, 6.45) is 23.6. The third-order valence-corrected chi connectivity index (χ3v) is 5.90. The van der Waals surface area contributed by atoms with Gasteiger partial charge in [-0.3, -0.25) is 9.59 Å². The number of carbonyl (C=O) groups is 2. The molecule has 0 unspecified atom stereocenters. The molecule has 5 nitrogen and oxygen atoms in total. The average Bonchev–Trinajstić information content (AvgIpc) is 2.76. The van der Waals surface area contributed by atoms with Crippen LogP contribution in [0.3, 0.4) is 0 Å². The lowest BCUT2D eigenvalue weighted by molar-refractivity contribution is -0.870. The van der Waals surface area contributed by atoms with E-state index >= 15 is 0 Å². The van der Waals surface area contributed by atoms with Crippen LogP contribution in [0.15, 0.2) is 12.2 Å². The molecular weight excluding hydrogens is 410 g/mol. The topological polar surface area (TPSA) is 58.2 Å². The summed E-state index contributed by atoms with van der Waals surface area (Å²) in [7, 11) is 6.54. The van der Waals surface area contributed by atoms with Gasteiger partial charge in [0.25, 0.3) is 0 Å². The summed E-state index contributed by atoms with van der Waals surface area (Å²) in [6.45, 7) is 4.87. The van der Waals surface area contributed by atoms with Crippen LogP contribution in [0.5, 0.6) is 0 Å². The lowest BCUT2D eigenvalue weighted by Crippen LogP contribution is -2.37. The van der Waals surface area contributed by atoms with E-state index < -0.39 is 0 Å². The second-order valence-corrected chi connectivity index (χ2v) is 10.5. The molecule has 0 atom stereocenters. The van der Waals surface area contributed by atoms with Crippen molar-refractivity contribution >= 4 is 11.8 Å². The van der Waals surface area contributed by atoms with Crippen molar-refractivity contribution in [3.05, 3.63) is 12.2 Å². The Morgan fingerprint density at radius 3 is 1.48 bits per heavy atom. The number of carbonyl (C=O) groups excluding carboxylic acids is 2. The molecule has 0 aliphatic carbocycles. The maximum atomic E-state index is 11.8. The van der Waals surface area contributed by atoms with Crippen LogP contribution in [0.1, 0.15) is 116 Å². The van der Waals surface area contributed by atoms with Crippen LogP contribution < -0.4 is 10.6 Å². The van der Waals surface area contributed by atoms with Crippen LogP contribution in [0, 0.1) is 0 Å². The molecule has 0 heterocycles. The molecule has 0 aromatic rings. The Labute approximate surface area is 205 Å². The van der Waals surface area contributed by atoms with E-state index in [-0.39, 0.29) is 11.8 Å². The number of amides is 2. The SMILES string of the molecule is CCCCNC(=O)CCCCCCC/C=C/CCCCCCCC(=O)NCCC[N+](C)(C)C. The normalized spacial score (nSPS) is 11.8. The Bertz CT molecular complexity index is 498. The summed E-state index contributed by atoms with van der Waals surface area (Å²) in [5, 5.41) is 6.03. The summed E-state index contributed by atoms with van der Waals surface area (Å²) >= 11 is 0. The second-order valence-electron chi connectivity index (χ2n) is 10.5. The van der Waals surface area contributed by atoms with Gasteiger partial charge >= 0.3 is 0 Å². The number of allylic oxidation sites excluding steroid dienone is 2. The maximum Gasteiger partial charge on any atom is 0.219 e. The van der Waals surface area contributed by atoms with E-state index in [1.54, 1.807) is 0 Å². The minimum absolute atomic E-state index is 0.215. The number of rotatable bonds is 23. The van der Waals surface area contributed by atoms with Gasteiger partial charge in [-0.05, 0) is 44.9 Å². The number of hydrogen-bond donors (Lipinski definition) is 2. The summed E-state index contributed by atoms with van der Waals surface area (Å²) in [4.78, 5) is 23.4. The largest absolute Gasteiger partial charge is 0.356 e. The van der Waals surface area contributed by atoms with E-state index in [1.165, 1.54) is 57.8 Å². The smallest absolute Gasteiger partial charge is 0.219 e. The highest BCUT2D eigenvalue weighted by atomic mass is 16.2. The minimum Gasteiger partial charge on any atom is -0.356 e. The molecule has 5 heteroatoms. The molecule has 0 aromatic carbocycles. The highest BCUT2D eigenvalue weighted by Crippen LogP contribution is 2.10. The summed E-state index contributed by atoms with van der Waals surface area (Å²) < 4.78 is 0.951. The fourth-order valence-electron chi connectivity index (χ4n) is 3.75. The van der Waals surface area contributed by atoms with Gasteiger partial charge in [-0.1, -0.05) is 64.0 Å². The fraction of sp³-hybridized carbons (Fsp3) is 0.857. The van der Waals surface area contributed by atoms with Gasteiger partial charge in [-0.2, -0.15) is 0 Å². The number of nitrogens with one attached hydrogen (secondary N) is 2. The number of nitrogens with zero attached hydrogens (tertiary/aromatic N) is 1. The van der Waals surface area contributed by atoms with Gasteiger partial charge in [0.05, 0.1) is 27.7 Å². The van der Waals surface area contributed by atoms with Gasteiger partial charge in [0.2, 0.25) is 11.8 Å². The molecule has 0 saturated heterocycles. The summed E-state index contributed by atoms with van der Waals surface area (Å²) in [5.74, 6) is 0.436. The lowest BCUT2D eigenvalue weighted by atomic mass is 10.1. The highest BCUT2D eigenvalue weighted by molar-refractivity contribution is 5.76. The van der Waals surface area contributed by atoms with Crippen LogP contribution in [0.25, 0.3) is 0 Å². The molecule has 33 heavy (non-hydrogen) atoms. The molecule has 194 valence electrons. The quantitative estimate of drug-likeness (QED) is 0.108. The molecule has 2 N–H and O–H groups in total. The van der Waals surface area contributed by atoms with E-state index in [0.29, 0.717) is 12.8 Å². The lowest BCUT2D eigenvalue weighted by Gasteiger charge is -2.23. The zero-order valence-corrected chi connectivity index (χ0v) is 22.6. The van der Waals surface area contributed by atoms with E-state index in [4.69, 9.17) is 0 Å². The molecule has 0 spiro atoms. The Morgan fingerprint density at radius 1 is 0.606 bits per heavy atom. The van der Waals surface area contributed by atoms with Gasteiger partial charge in [0.1, 0.15) is 0 Å². The van der Waals surface area contributed by atoms with Gasteiger partial charge in [-0.15, -0.1) is 0 Å². The molecule has 0 saturated carbocycles. The molecule has 0 radical (unpaired) electrons. The van der Waals surface area contributed by atoms with Crippen molar-refractivity contribution in [2.45, 2.75) is 116 Å². The van der Waals surface area contributed by atoms with Gasteiger partial charge in [0, 0.05) is 32.4 Å². The van der Waals surface area contributed by atoms with Crippen LogP contribution >= 0.6 is 0 Å². The van der Waals surface area contributed by atoms with Crippen LogP contribution in [-0.2, 0) is 9.59 Å². The van der Waals surface area contributed by atoms with Crippen molar-refractivity contribution in [2.24, 2.45) is 0 Å². The first-order chi connectivity index (χ1) is 15.8. The van der Waals surface area contributed by atoms with Crippen molar-refractivity contribution in [1.82, 2.24) is 10.6 Å². The third-order valence-electron chi connectivity index (χ3n) is 5.90. The second kappa shape index (κ2) is 22.4. The van der Waals surface area contributed by atoms with Crippen LogP contribution in [0.4, 0.5) is 0 Å². The first kappa shape index (κ1) is 31.6. The van der Waals surface area contributed by atoms with Gasteiger partial charge in [0.15, 0.2) is 0 Å². The minimum atomic E-state index is 0.215. The predicted octanol–water partition coefficient (Wildman–Crippen LogP) is 6.13. The predicted molar refractivity (Wildman–Crippen MR) is 142 cm³/mol. The molecular formula is C28H56N3O2+. The first-order valence-electron chi connectivity index (χ1n) is 13.8. The molecule has 0 fully saturated rings. The Hall–Kier alpha value is -1.36. The number of quaternary nitrogens is 1. The summed E-state index contributed by atoms with van der Waals surface area (Å²) in [6, 6.07) is 0. The fourth-order valence-corrected chi connectivity index (χ4v) is 3.75. The molecule has 0 aliphatic heterocycles. The molecule has 0 aliphatic rings. The Morgan fingerprint density at radius 2 is 1.03 bits per heavy atom. The zero-order chi connectivity index (χ0) is 24.6. The highest BCUT2D eigenvalue weighted by Gasteiger charge is 2.06. The van der Waals surface area contributed by atoms with E-state index in [1.807, 2.05) is 0 Å². The van der Waals surface area contributed by atoms with Crippen molar-refractivity contribution in [3.8, 4) is 0 Å². The third kappa shape index (κ3) is 26.8. The van der Waals surface area contributed by atoms with Crippen molar-refractivity contribution in [3.63, 3.8) is 0 Å². The van der Waals surface area contributed by atoms with E-state index in [0.717, 1.165) is 62.6 Å². The van der Waals surface area contributed by atoms with Gasteiger partial charge < -0.3 is 15.1 Å². The molecule has 2 amide bonds.